The van der Waals surface area contributed by atoms with Gasteiger partial charge in [0.15, 0.2) is 23.1 Å². The number of ether oxygens (including phenoxy) is 2. The number of Topliss-reactive ketones (excluding diaryl/α,β-unsaturated/α-hetero) is 1. The average molecular weight is 571 g/mol. The minimum Gasteiger partial charge on any atom is -0.490 e. The van der Waals surface area contributed by atoms with E-state index in [4.69, 9.17) is 14.9 Å². The third-order valence-electron chi connectivity index (χ3n) is 7.81. The number of nitrogens with zero attached hydrogens (tertiary/aromatic N) is 2. The van der Waals surface area contributed by atoms with Gasteiger partial charge in [0.25, 0.3) is 0 Å². The summed E-state index contributed by atoms with van der Waals surface area (Å²) in [4.78, 5) is 39.7. The van der Waals surface area contributed by atoms with E-state index in [1.54, 1.807) is 32.0 Å². The number of benzene rings is 2. The number of likely N-dealkylation sites (tertiary alicyclic amines) is 1. The molecule has 41 heavy (non-hydrogen) atoms. The first-order valence-corrected chi connectivity index (χ1v) is 13.7. The second-order valence-corrected chi connectivity index (χ2v) is 11.4. The molecule has 0 radical (unpaired) electrons. The fraction of sp³-hybridized carbons (Fsp3) is 0.467. The molecule has 1 amide bonds. The van der Waals surface area contributed by atoms with Crippen molar-refractivity contribution in [3.05, 3.63) is 52.3 Å². The van der Waals surface area contributed by atoms with E-state index >= 15 is 4.39 Å². The lowest BCUT2D eigenvalue weighted by molar-refractivity contribution is -0.141. The second-order valence-electron chi connectivity index (χ2n) is 11.4. The van der Waals surface area contributed by atoms with Crippen molar-refractivity contribution in [2.24, 2.45) is 0 Å². The van der Waals surface area contributed by atoms with Crippen molar-refractivity contribution in [3.63, 3.8) is 0 Å². The lowest BCUT2D eigenvalue weighted by atomic mass is 9.83. The Hall–Kier alpha value is -3.99. The minimum absolute atomic E-state index is 0.0616. The van der Waals surface area contributed by atoms with Crippen LogP contribution in [0.3, 0.4) is 0 Å². The Kier molecular flexibility index (Phi) is 8.13. The van der Waals surface area contributed by atoms with Gasteiger partial charge in [-0.05, 0) is 43.0 Å². The highest BCUT2D eigenvalue weighted by Gasteiger charge is 2.56. The highest BCUT2D eigenvalue weighted by atomic mass is 19.1. The Morgan fingerprint density at radius 3 is 2.39 bits per heavy atom. The van der Waals surface area contributed by atoms with Crippen LogP contribution in [-0.4, -0.2) is 71.1 Å². The van der Waals surface area contributed by atoms with E-state index < -0.39 is 33.8 Å². The standard InChI is InChI=1S/C30H36FN3O7/c1-6-40-23-14-18-15-33(27(32)24(18)25(31)26(23)41-7-2)16-22(35)17-10-11-20(19(13-17)30(3,4)5)34(29(38)39)12-8-9-21(34)28(36)37/h10-11,13-14,21,32H,6-9,12,15-16H2,1-5H3,(H-,36,37,38,39)/p+1. The Morgan fingerprint density at radius 1 is 1.12 bits per heavy atom. The average Bonchev–Trinajstić information content (AvgIpc) is 3.48. The van der Waals surface area contributed by atoms with Crippen molar-refractivity contribution in [1.82, 2.24) is 9.38 Å². The predicted molar refractivity (Wildman–Crippen MR) is 151 cm³/mol. The van der Waals surface area contributed by atoms with Crippen molar-refractivity contribution >= 4 is 29.4 Å². The zero-order chi connectivity index (χ0) is 30.3. The molecular formula is C30H37FN3O7+. The molecule has 2 aromatic carbocycles. The van der Waals surface area contributed by atoms with Gasteiger partial charge in [0.1, 0.15) is 11.5 Å². The third kappa shape index (κ3) is 5.14. The molecular weight excluding hydrogens is 533 g/mol. The van der Waals surface area contributed by atoms with Crippen LogP contribution in [0.2, 0.25) is 0 Å². The first-order chi connectivity index (χ1) is 19.3. The van der Waals surface area contributed by atoms with Crippen LogP contribution in [0.15, 0.2) is 24.3 Å². The summed E-state index contributed by atoms with van der Waals surface area (Å²) in [5.74, 6) is -2.17. The molecule has 4 rings (SSSR count). The largest absolute Gasteiger partial charge is 0.519 e. The Morgan fingerprint density at radius 2 is 1.80 bits per heavy atom. The maximum Gasteiger partial charge on any atom is 0.519 e. The van der Waals surface area contributed by atoms with Gasteiger partial charge in [0.2, 0.25) is 6.04 Å². The van der Waals surface area contributed by atoms with Gasteiger partial charge >= 0.3 is 12.1 Å². The Balaban J connectivity index is 1.68. The highest BCUT2D eigenvalue weighted by Crippen LogP contribution is 2.43. The van der Waals surface area contributed by atoms with Crippen LogP contribution >= 0.6 is 0 Å². The molecule has 1 fully saturated rings. The van der Waals surface area contributed by atoms with Crippen LogP contribution in [0.4, 0.5) is 14.9 Å². The summed E-state index contributed by atoms with van der Waals surface area (Å²) in [6.07, 6.45) is -0.573. The number of carboxylic acid groups (broad SMARTS) is 2. The molecule has 2 aliphatic rings. The van der Waals surface area contributed by atoms with Gasteiger partial charge in [0.05, 0.1) is 31.9 Å². The van der Waals surface area contributed by atoms with Crippen LogP contribution in [0, 0.1) is 11.2 Å². The van der Waals surface area contributed by atoms with Gasteiger partial charge in [-0.25, -0.2) is 9.18 Å². The normalized spacial score (nSPS) is 20.2. The first-order valence-electron chi connectivity index (χ1n) is 13.7. The van der Waals surface area contributed by atoms with Gasteiger partial charge in [0, 0.05) is 36.6 Å². The van der Waals surface area contributed by atoms with Crippen molar-refractivity contribution < 1.29 is 38.5 Å². The maximum absolute atomic E-state index is 15.4. The van der Waals surface area contributed by atoms with Gasteiger partial charge in [-0.2, -0.15) is 9.28 Å². The monoisotopic (exact) mass is 570 g/mol. The number of carboxylic acids is 1. The molecule has 10 nitrogen and oxygen atoms in total. The number of fused-ring (bicyclic) bond motifs is 1. The SMILES string of the molecule is CCOc1cc2c(c(F)c1OCC)C(=N)N(CC(=O)c1ccc([N+]3(C(=O)O)CCCC3C(=O)O)c(C(C)(C)C)c1)C2. The van der Waals surface area contributed by atoms with Crippen molar-refractivity contribution in [2.45, 2.75) is 65.5 Å². The smallest absolute Gasteiger partial charge is 0.490 e. The number of hydrogen-bond acceptors (Lipinski definition) is 6. The summed E-state index contributed by atoms with van der Waals surface area (Å²) in [5, 5.41) is 28.8. The van der Waals surface area contributed by atoms with Gasteiger partial charge < -0.3 is 24.6 Å². The molecule has 0 bridgehead atoms. The quantitative estimate of drug-likeness (QED) is 0.277. The lowest BCUT2D eigenvalue weighted by Crippen LogP contribution is -2.60. The number of rotatable bonds is 9. The molecule has 2 unspecified atom stereocenters. The molecule has 0 spiro atoms. The van der Waals surface area contributed by atoms with E-state index in [-0.39, 0.29) is 61.3 Å². The second kappa shape index (κ2) is 11.1. The van der Waals surface area contributed by atoms with E-state index in [9.17, 15) is 24.6 Å². The lowest BCUT2D eigenvalue weighted by Gasteiger charge is -2.36. The van der Waals surface area contributed by atoms with Crippen LogP contribution in [0.5, 0.6) is 11.5 Å². The zero-order valence-electron chi connectivity index (χ0n) is 24.0. The predicted octanol–water partition coefficient (Wildman–Crippen LogP) is 5.18. The highest BCUT2D eigenvalue weighted by molar-refractivity contribution is 6.06. The number of halogens is 1. The molecule has 2 aromatic rings. The molecule has 11 heteroatoms. The van der Waals surface area contributed by atoms with Gasteiger partial charge in [-0.1, -0.05) is 20.8 Å². The molecule has 3 N–H and O–H groups in total. The van der Waals surface area contributed by atoms with E-state index in [0.717, 1.165) is 0 Å². The molecule has 2 atom stereocenters. The molecule has 2 aliphatic heterocycles. The number of amidine groups is 1. The minimum atomic E-state index is -1.25. The van der Waals surface area contributed by atoms with E-state index in [1.165, 1.54) is 11.0 Å². The molecule has 0 aliphatic carbocycles. The summed E-state index contributed by atoms with van der Waals surface area (Å²) in [7, 11) is 0. The van der Waals surface area contributed by atoms with Crippen molar-refractivity contribution in [1.29, 1.82) is 5.41 Å². The van der Waals surface area contributed by atoms with Gasteiger partial charge in [-0.15, -0.1) is 0 Å². The third-order valence-corrected chi connectivity index (χ3v) is 7.81. The summed E-state index contributed by atoms with van der Waals surface area (Å²) in [6.45, 7) is 9.71. The summed E-state index contributed by atoms with van der Waals surface area (Å²) in [6, 6.07) is 5.20. The Labute approximate surface area is 238 Å². The molecule has 1 saturated heterocycles. The topological polar surface area (TPSA) is 137 Å². The summed E-state index contributed by atoms with van der Waals surface area (Å²) >= 11 is 0. The van der Waals surface area contributed by atoms with E-state index in [2.05, 4.69) is 0 Å². The van der Waals surface area contributed by atoms with Gasteiger partial charge in [-0.3, -0.25) is 10.2 Å². The van der Waals surface area contributed by atoms with Crippen molar-refractivity contribution in [2.75, 3.05) is 26.3 Å². The summed E-state index contributed by atoms with van der Waals surface area (Å²) in [5.41, 5.74) is 1.18. The first kappa shape index (κ1) is 30.0. The van der Waals surface area contributed by atoms with Crippen LogP contribution < -0.4 is 14.0 Å². The Bertz CT molecular complexity index is 1420. The number of carbonyl (C=O) groups is 3. The fourth-order valence-corrected chi connectivity index (χ4v) is 5.92. The van der Waals surface area contributed by atoms with Crippen LogP contribution in [-0.2, 0) is 16.8 Å². The number of aliphatic carboxylic acids is 1. The van der Waals surface area contributed by atoms with E-state index in [1.807, 2.05) is 20.8 Å². The number of carbonyl (C=O) groups excluding carboxylic acids is 1. The molecule has 2 heterocycles. The van der Waals surface area contributed by atoms with Crippen molar-refractivity contribution in [3.8, 4) is 11.5 Å². The zero-order valence-corrected chi connectivity index (χ0v) is 24.0. The fourth-order valence-electron chi connectivity index (χ4n) is 5.92. The molecule has 220 valence electrons. The van der Waals surface area contributed by atoms with E-state index in [0.29, 0.717) is 35.4 Å². The van der Waals surface area contributed by atoms with Crippen LogP contribution in [0.25, 0.3) is 0 Å². The number of nitrogens with one attached hydrogen (secondary N) is 1. The number of quaternary nitrogens is 1. The van der Waals surface area contributed by atoms with Crippen LogP contribution in [0.1, 0.15) is 74.5 Å². The maximum atomic E-state index is 15.4. The summed E-state index contributed by atoms with van der Waals surface area (Å²) < 4.78 is 25.7. The number of ketones is 1. The number of hydrogen-bond donors (Lipinski definition) is 3. The molecule has 0 saturated carbocycles. The number of amides is 1. The molecule has 0 aromatic heterocycles.